The van der Waals surface area contributed by atoms with Gasteiger partial charge in [0.05, 0.1) is 13.2 Å². The molecule has 1 atom stereocenters. The highest BCUT2D eigenvalue weighted by atomic mass is 35.5. The van der Waals surface area contributed by atoms with Gasteiger partial charge < -0.3 is 15.2 Å². The normalized spacial score (nSPS) is 18.7. The van der Waals surface area contributed by atoms with Crippen molar-refractivity contribution < 1.29 is 9.47 Å². The van der Waals surface area contributed by atoms with E-state index in [0.29, 0.717) is 13.2 Å². The van der Waals surface area contributed by atoms with E-state index in [1.54, 1.807) is 0 Å². The molecular formula is C20H26ClNO2. The molecule has 0 spiro atoms. The number of hydrogen-bond acceptors (Lipinski definition) is 3. The Labute approximate surface area is 150 Å². The number of anilines is 1. The molecule has 1 heterocycles. The smallest absolute Gasteiger partial charge is 0.134 e. The second-order valence-corrected chi connectivity index (χ2v) is 6.80. The average molecular weight is 348 g/mol. The van der Waals surface area contributed by atoms with Crippen molar-refractivity contribution in [2.24, 2.45) is 0 Å². The Bertz CT molecular complexity index is 691. The van der Waals surface area contributed by atoms with Crippen molar-refractivity contribution in [2.45, 2.75) is 46.3 Å². The molecule has 2 aromatic carbocycles. The Hall–Kier alpha value is -1.71. The summed E-state index contributed by atoms with van der Waals surface area (Å²) in [7, 11) is 0. The molecule has 0 radical (unpaired) electrons. The molecule has 24 heavy (non-hydrogen) atoms. The first-order valence-corrected chi connectivity index (χ1v) is 8.10. The molecule has 0 fully saturated rings. The molecule has 1 aliphatic rings. The van der Waals surface area contributed by atoms with Gasteiger partial charge in [-0.3, -0.25) is 0 Å². The summed E-state index contributed by atoms with van der Waals surface area (Å²) >= 11 is 0. The van der Waals surface area contributed by atoms with Crippen LogP contribution in [0.4, 0.5) is 5.69 Å². The van der Waals surface area contributed by atoms with Crippen LogP contribution in [0.25, 0.3) is 0 Å². The highest BCUT2D eigenvalue weighted by Crippen LogP contribution is 2.43. The van der Waals surface area contributed by atoms with Gasteiger partial charge in [-0.25, -0.2) is 0 Å². The fourth-order valence-electron chi connectivity index (χ4n) is 3.26. The van der Waals surface area contributed by atoms with Crippen LogP contribution in [0.1, 0.15) is 34.7 Å². The first-order chi connectivity index (χ1) is 10.9. The molecule has 0 aliphatic carbocycles. The van der Waals surface area contributed by atoms with E-state index in [2.05, 4.69) is 39.8 Å². The lowest BCUT2D eigenvalue weighted by atomic mass is 9.92. The molecule has 1 unspecified atom stereocenters. The van der Waals surface area contributed by atoms with Gasteiger partial charge in [0.1, 0.15) is 11.4 Å². The number of hydrogen-bond donors (Lipinski definition) is 1. The molecule has 2 N–H and O–H groups in total. The van der Waals surface area contributed by atoms with Crippen molar-refractivity contribution in [2.75, 3.05) is 12.3 Å². The summed E-state index contributed by atoms with van der Waals surface area (Å²) in [5, 5.41) is 0. The third-order valence-corrected chi connectivity index (χ3v) is 4.86. The Morgan fingerprint density at radius 1 is 1.08 bits per heavy atom. The number of nitrogen functional groups attached to an aromatic ring is 1. The molecule has 0 bridgehead atoms. The van der Waals surface area contributed by atoms with Gasteiger partial charge in [0, 0.05) is 17.7 Å². The Kier molecular flexibility index (Phi) is 5.46. The van der Waals surface area contributed by atoms with E-state index in [4.69, 9.17) is 15.2 Å². The summed E-state index contributed by atoms with van der Waals surface area (Å²) in [4.78, 5) is 0. The second kappa shape index (κ2) is 7.04. The fourth-order valence-corrected chi connectivity index (χ4v) is 3.26. The third kappa shape index (κ3) is 3.38. The van der Waals surface area contributed by atoms with Crippen LogP contribution in [0.15, 0.2) is 30.3 Å². The molecule has 0 saturated heterocycles. The zero-order valence-corrected chi connectivity index (χ0v) is 15.6. The average Bonchev–Trinajstić information content (AvgIpc) is 2.90. The van der Waals surface area contributed by atoms with Gasteiger partial charge in [0.2, 0.25) is 0 Å². The van der Waals surface area contributed by atoms with E-state index >= 15 is 0 Å². The topological polar surface area (TPSA) is 44.5 Å². The lowest BCUT2D eigenvalue weighted by Crippen LogP contribution is -2.36. The van der Waals surface area contributed by atoms with E-state index < -0.39 is 0 Å². The maximum absolute atomic E-state index is 6.30. The van der Waals surface area contributed by atoms with Gasteiger partial charge in [0.15, 0.2) is 0 Å². The van der Waals surface area contributed by atoms with E-state index in [0.717, 1.165) is 34.5 Å². The van der Waals surface area contributed by atoms with Crippen LogP contribution >= 0.6 is 12.4 Å². The maximum Gasteiger partial charge on any atom is 0.134 e. The van der Waals surface area contributed by atoms with E-state index in [9.17, 15) is 0 Å². The van der Waals surface area contributed by atoms with Crippen LogP contribution in [-0.4, -0.2) is 12.2 Å². The number of nitrogens with two attached hydrogens (primary N) is 1. The molecule has 2 aromatic rings. The second-order valence-electron chi connectivity index (χ2n) is 6.80. The molecule has 0 saturated carbocycles. The van der Waals surface area contributed by atoms with E-state index in [-0.39, 0.29) is 18.0 Å². The largest absolute Gasteiger partial charge is 0.484 e. The Morgan fingerprint density at radius 2 is 1.75 bits per heavy atom. The summed E-state index contributed by atoms with van der Waals surface area (Å²) in [6.45, 7) is 9.51. The first-order valence-electron chi connectivity index (χ1n) is 8.10. The van der Waals surface area contributed by atoms with Crippen LogP contribution in [0.2, 0.25) is 0 Å². The lowest BCUT2D eigenvalue weighted by Gasteiger charge is -2.24. The molecule has 4 heteroatoms. The van der Waals surface area contributed by atoms with Crippen LogP contribution in [0, 0.1) is 20.8 Å². The molecule has 0 aromatic heterocycles. The van der Waals surface area contributed by atoms with Crippen LogP contribution in [0.3, 0.4) is 0 Å². The number of halogens is 1. The summed E-state index contributed by atoms with van der Waals surface area (Å²) in [5.74, 6) is 1.00. The number of fused-ring (bicyclic) bond motifs is 1. The molecule has 3 nitrogen and oxygen atoms in total. The zero-order chi connectivity index (χ0) is 16.6. The lowest BCUT2D eigenvalue weighted by molar-refractivity contribution is -0.00876. The molecule has 0 amide bonds. The summed E-state index contributed by atoms with van der Waals surface area (Å²) < 4.78 is 12.2. The van der Waals surface area contributed by atoms with Crippen molar-refractivity contribution >= 4 is 18.1 Å². The maximum atomic E-state index is 6.30. The zero-order valence-electron chi connectivity index (χ0n) is 14.8. The predicted octanol–water partition coefficient (Wildman–Crippen LogP) is 4.53. The number of rotatable bonds is 4. The van der Waals surface area contributed by atoms with Gasteiger partial charge in [0.25, 0.3) is 0 Å². The highest BCUT2D eigenvalue weighted by Gasteiger charge is 2.38. The fraction of sp³-hybridized carbons (Fsp3) is 0.400. The number of benzene rings is 2. The minimum Gasteiger partial charge on any atom is -0.484 e. The third-order valence-electron chi connectivity index (χ3n) is 4.86. The SMILES string of the molecule is Cc1c(C)c2c(c(C)c1N)CC(C)(COCc1ccccc1)O2.Cl. The van der Waals surface area contributed by atoms with E-state index in [1.807, 2.05) is 18.2 Å². The van der Waals surface area contributed by atoms with Gasteiger partial charge >= 0.3 is 0 Å². The summed E-state index contributed by atoms with van der Waals surface area (Å²) in [6.07, 6.45) is 0.842. The predicted molar refractivity (Wildman–Crippen MR) is 101 cm³/mol. The van der Waals surface area contributed by atoms with Crippen molar-refractivity contribution in [3.8, 4) is 5.75 Å². The molecule has 3 rings (SSSR count). The van der Waals surface area contributed by atoms with E-state index in [1.165, 1.54) is 11.1 Å². The minimum atomic E-state index is -0.327. The van der Waals surface area contributed by atoms with Crippen molar-refractivity contribution in [3.63, 3.8) is 0 Å². The van der Waals surface area contributed by atoms with Crippen LogP contribution < -0.4 is 10.5 Å². The summed E-state index contributed by atoms with van der Waals surface area (Å²) in [5.41, 5.74) is 12.6. The molecule has 130 valence electrons. The minimum absolute atomic E-state index is 0. The van der Waals surface area contributed by atoms with Crippen LogP contribution in [-0.2, 0) is 17.8 Å². The van der Waals surface area contributed by atoms with Gasteiger partial charge in [-0.1, -0.05) is 30.3 Å². The number of ether oxygens (including phenoxy) is 2. The Balaban J connectivity index is 0.00000208. The van der Waals surface area contributed by atoms with Gasteiger partial charge in [-0.05, 0) is 49.9 Å². The molecular weight excluding hydrogens is 322 g/mol. The first kappa shape index (κ1) is 18.6. The standard InChI is InChI=1S/C20H25NO2.ClH/c1-13-14(2)19-17(15(3)18(13)21)10-20(4,23-19)12-22-11-16-8-6-5-7-9-16;/h5-9H,10-12,21H2,1-4H3;1H. The highest BCUT2D eigenvalue weighted by molar-refractivity contribution is 5.85. The molecule has 1 aliphatic heterocycles. The van der Waals surface area contributed by atoms with Crippen molar-refractivity contribution in [1.29, 1.82) is 0 Å². The van der Waals surface area contributed by atoms with Crippen molar-refractivity contribution in [3.05, 3.63) is 58.1 Å². The monoisotopic (exact) mass is 347 g/mol. The van der Waals surface area contributed by atoms with Gasteiger partial charge in [-0.15, -0.1) is 12.4 Å². The van der Waals surface area contributed by atoms with Crippen molar-refractivity contribution in [1.82, 2.24) is 0 Å². The Morgan fingerprint density at radius 3 is 2.42 bits per heavy atom. The summed E-state index contributed by atoms with van der Waals surface area (Å²) in [6, 6.07) is 10.2. The van der Waals surface area contributed by atoms with Crippen LogP contribution in [0.5, 0.6) is 5.75 Å². The van der Waals surface area contributed by atoms with Gasteiger partial charge in [-0.2, -0.15) is 0 Å². The quantitative estimate of drug-likeness (QED) is 0.826.